The van der Waals surface area contributed by atoms with Gasteiger partial charge in [-0.2, -0.15) is 0 Å². The molecule has 0 atom stereocenters. The van der Waals surface area contributed by atoms with E-state index < -0.39 is 0 Å². The number of benzene rings is 1. The van der Waals surface area contributed by atoms with E-state index in [2.05, 4.69) is 12.2 Å². The smallest absolute Gasteiger partial charge is 0.251 e. The summed E-state index contributed by atoms with van der Waals surface area (Å²) < 4.78 is 0. The number of anilines is 1. The van der Waals surface area contributed by atoms with Crippen LogP contribution in [0.5, 0.6) is 0 Å². The first-order valence-corrected chi connectivity index (χ1v) is 6.75. The van der Waals surface area contributed by atoms with Gasteiger partial charge < -0.3 is 11.1 Å². The van der Waals surface area contributed by atoms with E-state index in [0.717, 1.165) is 12.8 Å². The monoisotopic (exact) mass is 266 g/mol. The lowest BCUT2D eigenvalue weighted by molar-refractivity contribution is 0.0883. The van der Waals surface area contributed by atoms with Crippen molar-refractivity contribution in [1.29, 1.82) is 0 Å². The number of amides is 1. The van der Waals surface area contributed by atoms with Crippen LogP contribution in [0.1, 0.15) is 49.4 Å². The highest BCUT2D eigenvalue weighted by Gasteiger charge is 2.28. The highest BCUT2D eigenvalue weighted by molar-refractivity contribution is 6.31. The molecule has 0 spiro atoms. The predicted octanol–water partition coefficient (Wildman–Crippen LogP) is 3.37. The Morgan fingerprint density at radius 3 is 2.56 bits per heavy atom. The predicted molar refractivity (Wildman–Crippen MR) is 74.8 cm³/mol. The largest absolute Gasteiger partial charge is 0.399 e. The Morgan fingerprint density at radius 1 is 1.28 bits per heavy atom. The number of halogens is 1. The van der Waals surface area contributed by atoms with Crippen molar-refractivity contribution < 1.29 is 4.79 Å². The van der Waals surface area contributed by atoms with Crippen LogP contribution in [0.25, 0.3) is 0 Å². The average molecular weight is 267 g/mol. The molecule has 1 aromatic rings. The van der Waals surface area contributed by atoms with Crippen LogP contribution in [0.3, 0.4) is 0 Å². The molecule has 1 aromatic carbocycles. The van der Waals surface area contributed by atoms with Crippen LogP contribution in [0, 0.1) is 0 Å². The van der Waals surface area contributed by atoms with Gasteiger partial charge in [-0.3, -0.25) is 4.79 Å². The fourth-order valence-electron chi connectivity index (χ4n) is 2.55. The maximum atomic E-state index is 12.2. The molecule has 0 aromatic heterocycles. The summed E-state index contributed by atoms with van der Waals surface area (Å²) in [4.78, 5) is 12.2. The van der Waals surface area contributed by atoms with Crippen molar-refractivity contribution in [2.75, 3.05) is 5.73 Å². The molecule has 3 N–H and O–H groups in total. The van der Waals surface area contributed by atoms with Crippen LogP contribution in [0.2, 0.25) is 5.02 Å². The van der Waals surface area contributed by atoms with E-state index in [4.69, 9.17) is 17.3 Å². The zero-order valence-electron chi connectivity index (χ0n) is 10.6. The summed E-state index contributed by atoms with van der Waals surface area (Å²) in [5.41, 5.74) is 6.66. The number of hydrogen-bond donors (Lipinski definition) is 2. The Kier molecular flexibility index (Phi) is 3.81. The molecule has 1 amide bonds. The second kappa shape index (κ2) is 5.19. The molecule has 0 saturated heterocycles. The van der Waals surface area contributed by atoms with Gasteiger partial charge in [0.15, 0.2) is 0 Å². The van der Waals surface area contributed by atoms with Gasteiger partial charge in [-0.1, -0.05) is 30.9 Å². The summed E-state index contributed by atoms with van der Waals surface area (Å²) in [5, 5.41) is 3.61. The van der Waals surface area contributed by atoms with Gasteiger partial charge in [-0.05, 0) is 38.0 Å². The highest BCUT2D eigenvalue weighted by atomic mass is 35.5. The van der Waals surface area contributed by atoms with Gasteiger partial charge in [-0.25, -0.2) is 0 Å². The molecule has 0 aliphatic heterocycles. The van der Waals surface area contributed by atoms with Crippen molar-refractivity contribution in [3.8, 4) is 0 Å². The minimum Gasteiger partial charge on any atom is -0.399 e. The van der Waals surface area contributed by atoms with Crippen LogP contribution in [0.4, 0.5) is 5.69 Å². The Balaban J connectivity index is 2.11. The van der Waals surface area contributed by atoms with Crippen molar-refractivity contribution in [2.45, 2.75) is 44.6 Å². The van der Waals surface area contributed by atoms with Crippen LogP contribution in [-0.2, 0) is 0 Å². The van der Waals surface area contributed by atoms with E-state index in [0.29, 0.717) is 16.3 Å². The summed E-state index contributed by atoms with van der Waals surface area (Å²) in [6, 6.07) is 4.95. The lowest BCUT2D eigenvalue weighted by Crippen LogP contribution is -2.47. The molecule has 1 aliphatic rings. The minimum absolute atomic E-state index is 0.0893. The van der Waals surface area contributed by atoms with E-state index >= 15 is 0 Å². The van der Waals surface area contributed by atoms with Crippen LogP contribution in [0.15, 0.2) is 18.2 Å². The second-order valence-electron chi connectivity index (χ2n) is 5.35. The van der Waals surface area contributed by atoms with Crippen LogP contribution < -0.4 is 11.1 Å². The SMILES string of the molecule is CC1(NC(=O)c2cc(N)cc(Cl)c2)CCCCC1. The maximum Gasteiger partial charge on any atom is 0.251 e. The van der Waals surface area contributed by atoms with Gasteiger partial charge >= 0.3 is 0 Å². The van der Waals surface area contributed by atoms with Crippen LogP contribution >= 0.6 is 11.6 Å². The summed E-state index contributed by atoms with van der Waals surface area (Å²) in [6.45, 7) is 2.11. The van der Waals surface area contributed by atoms with Gasteiger partial charge in [0.25, 0.3) is 5.91 Å². The first-order chi connectivity index (χ1) is 8.48. The molecule has 0 heterocycles. The summed E-state index contributed by atoms with van der Waals surface area (Å²) in [6.07, 6.45) is 5.68. The average Bonchev–Trinajstić information content (AvgIpc) is 2.28. The van der Waals surface area contributed by atoms with Gasteiger partial charge in [0.05, 0.1) is 0 Å². The number of hydrogen-bond acceptors (Lipinski definition) is 2. The molecular formula is C14H19ClN2O. The molecule has 2 rings (SSSR count). The fourth-order valence-corrected chi connectivity index (χ4v) is 2.79. The van der Waals surface area contributed by atoms with Crippen molar-refractivity contribution in [3.05, 3.63) is 28.8 Å². The third-order valence-electron chi connectivity index (χ3n) is 3.55. The Hall–Kier alpha value is -1.22. The van der Waals surface area contributed by atoms with Gasteiger partial charge in [0.1, 0.15) is 0 Å². The van der Waals surface area contributed by atoms with E-state index in [9.17, 15) is 4.79 Å². The zero-order chi connectivity index (χ0) is 13.2. The lowest BCUT2D eigenvalue weighted by atomic mass is 9.83. The molecular weight excluding hydrogens is 248 g/mol. The summed E-state index contributed by atoms with van der Waals surface area (Å²) >= 11 is 5.91. The first-order valence-electron chi connectivity index (χ1n) is 6.37. The fraction of sp³-hybridized carbons (Fsp3) is 0.500. The zero-order valence-corrected chi connectivity index (χ0v) is 11.4. The van der Waals surface area contributed by atoms with E-state index in [-0.39, 0.29) is 11.4 Å². The highest BCUT2D eigenvalue weighted by Crippen LogP contribution is 2.28. The molecule has 1 aliphatic carbocycles. The number of nitrogen functional groups attached to an aromatic ring is 1. The van der Waals surface area contributed by atoms with E-state index in [1.165, 1.54) is 19.3 Å². The molecule has 1 fully saturated rings. The third-order valence-corrected chi connectivity index (χ3v) is 3.77. The standard InChI is InChI=1S/C14H19ClN2O/c1-14(5-3-2-4-6-14)17-13(18)10-7-11(15)9-12(16)8-10/h7-9H,2-6,16H2,1H3,(H,17,18). The van der Waals surface area contributed by atoms with E-state index in [1.54, 1.807) is 18.2 Å². The Labute approximate surface area is 113 Å². The molecule has 0 radical (unpaired) electrons. The number of nitrogens with two attached hydrogens (primary N) is 1. The molecule has 98 valence electrons. The number of nitrogens with one attached hydrogen (secondary N) is 1. The molecule has 4 heteroatoms. The summed E-state index contributed by atoms with van der Waals surface area (Å²) in [5.74, 6) is -0.0893. The Bertz CT molecular complexity index is 433. The van der Waals surface area contributed by atoms with Crippen molar-refractivity contribution >= 4 is 23.2 Å². The molecule has 0 bridgehead atoms. The number of carbonyl (C=O) groups is 1. The summed E-state index contributed by atoms with van der Waals surface area (Å²) in [7, 11) is 0. The molecule has 3 nitrogen and oxygen atoms in total. The molecule has 0 unspecified atom stereocenters. The maximum absolute atomic E-state index is 12.2. The quantitative estimate of drug-likeness (QED) is 0.807. The van der Waals surface area contributed by atoms with Gasteiger partial charge in [0, 0.05) is 21.8 Å². The molecule has 18 heavy (non-hydrogen) atoms. The van der Waals surface area contributed by atoms with Crippen LogP contribution in [-0.4, -0.2) is 11.4 Å². The second-order valence-corrected chi connectivity index (χ2v) is 5.79. The number of rotatable bonds is 2. The lowest BCUT2D eigenvalue weighted by Gasteiger charge is -2.34. The Morgan fingerprint density at radius 2 is 1.94 bits per heavy atom. The minimum atomic E-state index is -0.0909. The van der Waals surface area contributed by atoms with Gasteiger partial charge in [0.2, 0.25) is 0 Å². The van der Waals surface area contributed by atoms with Crippen molar-refractivity contribution in [1.82, 2.24) is 5.32 Å². The van der Waals surface area contributed by atoms with E-state index in [1.807, 2.05) is 0 Å². The van der Waals surface area contributed by atoms with Gasteiger partial charge in [-0.15, -0.1) is 0 Å². The molecule has 1 saturated carbocycles. The third kappa shape index (κ3) is 3.16. The number of carbonyl (C=O) groups excluding carboxylic acids is 1. The topological polar surface area (TPSA) is 55.1 Å². The van der Waals surface area contributed by atoms with Crippen molar-refractivity contribution in [2.24, 2.45) is 0 Å². The normalized spacial score (nSPS) is 18.3. The van der Waals surface area contributed by atoms with Crippen molar-refractivity contribution in [3.63, 3.8) is 0 Å². The first kappa shape index (κ1) is 13.2.